The minimum absolute atomic E-state index is 0.169. The normalized spacial score (nSPS) is 11.1. The quantitative estimate of drug-likeness (QED) is 0.755. The molecule has 1 aromatic carbocycles. The number of hydrogen-bond acceptors (Lipinski definition) is 6. The summed E-state index contributed by atoms with van der Waals surface area (Å²) in [6.07, 6.45) is -0.842. The van der Waals surface area contributed by atoms with Crippen LogP contribution in [0.5, 0.6) is 17.2 Å². The monoisotopic (exact) mass is 265 g/mol. The average Bonchev–Trinajstić information content (AvgIpc) is 2.45. The highest BCUT2D eigenvalue weighted by atomic mass is 16.5. The number of nitrogens with zero attached hydrogens (tertiary/aromatic N) is 1. The number of rotatable bonds is 5. The van der Waals surface area contributed by atoms with E-state index in [1.165, 1.54) is 40.4 Å². The van der Waals surface area contributed by atoms with Gasteiger partial charge in [-0.05, 0) is 6.92 Å². The van der Waals surface area contributed by atoms with Gasteiger partial charge in [0.15, 0.2) is 17.6 Å². The molecule has 0 aliphatic carbocycles. The summed E-state index contributed by atoms with van der Waals surface area (Å²) >= 11 is 0. The average molecular weight is 265 g/mol. The Morgan fingerprint density at radius 2 is 1.63 bits per heavy atom. The molecule has 1 atom stereocenters. The van der Waals surface area contributed by atoms with Crippen molar-refractivity contribution in [2.75, 3.05) is 21.3 Å². The zero-order valence-electron chi connectivity index (χ0n) is 11.2. The van der Waals surface area contributed by atoms with E-state index in [0.717, 1.165) is 0 Å². The van der Waals surface area contributed by atoms with E-state index in [1.807, 2.05) is 6.07 Å². The Morgan fingerprint density at radius 1 is 1.11 bits per heavy atom. The molecule has 1 aromatic rings. The molecule has 0 radical (unpaired) electrons. The third-order valence-corrected chi connectivity index (χ3v) is 2.39. The van der Waals surface area contributed by atoms with Crippen LogP contribution in [0.3, 0.4) is 0 Å². The minimum atomic E-state index is -0.842. The standard InChI is InChI=1S/C13H15NO5/c1-8(7-14)19-13(15)9-5-11(17-3)12(18-4)6-10(9)16-2/h5-6,8H,1-4H3/t8-/m0/s1. The summed E-state index contributed by atoms with van der Waals surface area (Å²) in [6.45, 7) is 1.48. The molecule has 19 heavy (non-hydrogen) atoms. The van der Waals surface area contributed by atoms with Crippen molar-refractivity contribution >= 4 is 5.97 Å². The van der Waals surface area contributed by atoms with Crippen molar-refractivity contribution < 1.29 is 23.7 Å². The summed E-state index contributed by atoms with van der Waals surface area (Å²) < 4.78 is 20.2. The predicted molar refractivity (Wildman–Crippen MR) is 66.6 cm³/mol. The second kappa shape index (κ2) is 6.50. The van der Waals surface area contributed by atoms with Gasteiger partial charge in [0.05, 0.1) is 21.3 Å². The topological polar surface area (TPSA) is 77.8 Å². The lowest BCUT2D eigenvalue weighted by atomic mass is 10.1. The SMILES string of the molecule is COc1cc(OC)c(C(=O)O[C@@H](C)C#N)cc1OC. The zero-order chi connectivity index (χ0) is 14.4. The highest BCUT2D eigenvalue weighted by Gasteiger charge is 2.20. The third-order valence-electron chi connectivity index (χ3n) is 2.39. The lowest BCUT2D eigenvalue weighted by Crippen LogP contribution is -2.14. The molecule has 0 bridgehead atoms. The van der Waals surface area contributed by atoms with Gasteiger partial charge in [0.1, 0.15) is 17.4 Å². The van der Waals surface area contributed by atoms with E-state index in [1.54, 1.807) is 0 Å². The highest BCUT2D eigenvalue weighted by Crippen LogP contribution is 2.35. The molecule has 0 saturated heterocycles. The summed E-state index contributed by atoms with van der Waals surface area (Å²) in [5, 5.41) is 8.64. The van der Waals surface area contributed by atoms with Crippen molar-refractivity contribution in [2.45, 2.75) is 13.0 Å². The molecule has 0 unspecified atom stereocenters. The van der Waals surface area contributed by atoms with Gasteiger partial charge in [0, 0.05) is 12.1 Å². The molecular formula is C13H15NO5. The Labute approximate surface area is 111 Å². The van der Waals surface area contributed by atoms with Crippen LogP contribution >= 0.6 is 0 Å². The first kappa shape index (κ1) is 14.6. The van der Waals surface area contributed by atoms with Crippen molar-refractivity contribution in [1.29, 1.82) is 5.26 Å². The van der Waals surface area contributed by atoms with E-state index in [9.17, 15) is 4.79 Å². The van der Waals surface area contributed by atoms with Gasteiger partial charge >= 0.3 is 5.97 Å². The summed E-state index contributed by atoms with van der Waals surface area (Å²) in [6, 6.07) is 4.78. The van der Waals surface area contributed by atoms with Gasteiger partial charge in [-0.1, -0.05) is 0 Å². The first-order valence-corrected chi connectivity index (χ1v) is 5.48. The molecule has 0 heterocycles. The number of benzene rings is 1. The Balaban J connectivity index is 3.19. The molecule has 6 nitrogen and oxygen atoms in total. The number of methoxy groups -OCH3 is 3. The fourth-order valence-electron chi connectivity index (χ4n) is 1.44. The zero-order valence-corrected chi connectivity index (χ0v) is 11.2. The van der Waals surface area contributed by atoms with E-state index in [4.69, 9.17) is 24.2 Å². The van der Waals surface area contributed by atoms with Gasteiger partial charge in [0.2, 0.25) is 0 Å². The lowest BCUT2D eigenvalue weighted by molar-refractivity contribution is 0.0431. The smallest absolute Gasteiger partial charge is 0.343 e. The number of esters is 1. The maximum Gasteiger partial charge on any atom is 0.343 e. The van der Waals surface area contributed by atoms with Crippen LogP contribution in [0, 0.1) is 11.3 Å². The lowest BCUT2D eigenvalue weighted by Gasteiger charge is -2.14. The number of carbonyl (C=O) groups excluding carboxylic acids is 1. The molecular weight excluding hydrogens is 250 g/mol. The highest BCUT2D eigenvalue weighted by molar-refractivity contribution is 5.93. The summed E-state index contributed by atoms with van der Waals surface area (Å²) in [7, 11) is 4.36. The summed E-state index contributed by atoms with van der Waals surface area (Å²) in [5.74, 6) is 0.434. The van der Waals surface area contributed by atoms with Crippen LogP contribution in [0.4, 0.5) is 0 Å². The number of ether oxygens (including phenoxy) is 4. The molecule has 102 valence electrons. The number of carbonyl (C=O) groups is 1. The largest absolute Gasteiger partial charge is 0.496 e. The van der Waals surface area contributed by atoms with Gasteiger partial charge in [-0.25, -0.2) is 4.79 Å². The Hall–Kier alpha value is -2.42. The van der Waals surface area contributed by atoms with Crippen molar-refractivity contribution in [3.63, 3.8) is 0 Å². The van der Waals surface area contributed by atoms with Crippen LogP contribution in [0.1, 0.15) is 17.3 Å². The van der Waals surface area contributed by atoms with Crippen molar-refractivity contribution in [2.24, 2.45) is 0 Å². The second-order valence-electron chi connectivity index (χ2n) is 3.58. The van der Waals surface area contributed by atoms with Gasteiger partial charge in [-0.15, -0.1) is 0 Å². The van der Waals surface area contributed by atoms with Crippen LogP contribution in [0.15, 0.2) is 12.1 Å². The van der Waals surface area contributed by atoms with Crippen LogP contribution in [0.2, 0.25) is 0 Å². The van der Waals surface area contributed by atoms with E-state index < -0.39 is 12.1 Å². The maximum absolute atomic E-state index is 11.9. The van der Waals surface area contributed by atoms with Crippen molar-refractivity contribution in [3.05, 3.63) is 17.7 Å². The molecule has 1 rings (SSSR count). The van der Waals surface area contributed by atoms with Gasteiger partial charge in [-0.3, -0.25) is 0 Å². The Kier molecular flexibility index (Phi) is 5.01. The molecule has 0 aliphatic heterocycles. The fraction of sp³-hybridized carbons (Fsp3) is 0.385. The van der Waals surface area contributed by atoms with Crippen LogP contribution in [0.25, 0.3) is 0 Å². The molecule has 6 heteroatoms. The minimum Gasteiger partial charge on any atom is -0.496 e. The van der Waals surface area contributed by atoms with E-state index in [-0.39, 0.29) is 11.3 Å². The molecule has 0 amide bonds. The molecule has 0 aliphatic rings. The van der Waals surface area contributed by atoms with Gasteiger partial charge in [-0.2, -0.15) is 5.26 Å². The van der Waals surface area contributed by atoms with E-state index >= 15 is 0 Å². The van der Waals surface area contributed by atoms with E-state index in [0.29, 0.717) is 11.5 Å². The van der Waals surface area contributed by atoms with Crippen molar-refractivity contribution in [1.82, 2.24) is 0 Å². The number of nitriles is 1. The molecule has 0 fully saturated rings. The van der Waals surface area contributed by atoms with Crippen LogP contribution in [-0.4, -0.2) is 33.4 Å². The van der Waals surface area contributed by atoms with Crippen LogP contribution < -0.4 is 14.2 Å². The molecule has 0 aromatic heterocycles. The van der Waals surface area contributed by atoms with Gasteiger partial charge in [0.25, 0.3) is 0 Å². The predicted octanol–water partition coefficient (Wildman–Crippen LogP) is 1.78. The molecule has 0 saturated carbocycles. The summed E-state index contributed by atoms with van der Waals surface area (Å²) in [5.41, 5.74) is 0.169. The Morgan fingerprint density at radius 3 is 2.11 bits per heavy atom. The summed E-state index contributed by atoms with van der Waals surface area (Å²) in [4.78, 5) is 11.9. The molecule has 0 spiro atoms. The van der Waals surface area contributed by atoms with E-state index in [2.05, 4.69) is 0 Å². The first-order chi connectivity index (χ1) is 9.07. The third kappa shape index (κ3) is 3.28. The first-order valence-electron chi connectivity index (χ1n) is 5.48. The second-order valence-corrected chi connectivity index (χ2v) is 3.58. The van der Waals surface area contributed by atoms with Crippen molar-refractivity contribution in [3.8, 4) is 23.3 Å². The fourth-order valence-corrected chi connectivity index (χ4v) is 1.44. The van der Waals surface area contributed by atoms with Crippen LogP contribution in [-0.2, 0) is 4.74 Å². The van der Waals surface area contributed by atoms with Gasteiger partial charge < -0.3 is 18.9 Å². The maximum atomic E-state index is 11.9. The molecule has 0 N–H and O–H groups in total. The Bertz CT molecular complexity index is 506. The number of hydrogen-bond donors (Lipinski definition) is 0.